The first-order valence-corrected chi connectivity index (χ1v) is 7.66. The monoisotopic (exact) mass is 344 g/mol. The molecule has 0 fully saturated rings. The van der Waals surface area contributed by atoms with E-state index in [0.29, 0.717) is 12.1 Å². The Labute approximate surface area is 129 Å². The zero-order chi connectivity index (χ0) is 15.4. The van der Waals surface area contributed by atoms with Crippen LogP contribution in [0.5, 0.6) is 5.75 Å². The third kappa shape index (κ3) is 4.77. The minimum Gasteiger partial charge on any atom is -0.493 e. The summed E-state index contributed by atoms with van der Waals surface area (Å²) in [5, 5.41) is 20.9. The summed E-state index contributed by atoms with van der Waals surface area (Å²) in [7, 11) is -1.10. The van der Waals surface area contributed by atoms with Crippen molar-refractivity contribution in [2.75, 3.05) is 11.9 Å². The molecular formula is C14H22BBrO4. The quantitative estimate of drug-likeness (QED) is 0.584. The molecule has 0 bridgehead atoms. The molecule has 112 valence electrons. The van der Waals surface area contributed by atoms with E-state index >= 15 is 0 Å². The Morgan fingerprint density at radius 2 is 1.70 bits per heavy atom. The number of rotatable bonds is 7. The van der Waals surface area contributed by atoms with Crippen molar-refractivity contribution in [1.29, 1.82) is 0 Å². The van der Waals surface area contributed by atoms with Crippen molar-refractivity contribution in [2.24, 2.45) is 0 Å². The van der Waals surface area contributed by atoms with Crippen LogP contribution in [-0.2, 0) is 4.65 Å². The molecular weight excluding hydrogens is 323 g/mol. The van der Waals surface area contributed by atoms with Gasteiger partial charge in [-0.15, -0.1) is 0 Å². The summed E-state index contributed by atoms with van der Waals surface area (Å²) in [4.78, 5) is 0. The first kappa shape index (κ1) is 17.5. The molecule has 20 heavy (non-hydrogen) atoms. The van der Waals surface area contributed by atoms with E-state index < -0.39 is 18.3 Å². The van der Waals surface area contributed by atoms with E-state index in [1.54, 1.807) is 52.0 Å². The lowest BCUT2D eigenvalue weighted by atomic mass is 9.76. The van der Waals surface area contributed by atoms with Crippen LogP contribution in [-0.4, -0.2) is 40.4 Å². The predicted octanol–water partition coefficient (Wildman–Crippen LogP) is 1.71. The molecule has 0 spiro atoms. The zero-order valence-corrected chi connectivity index (χ0v) is 14.0. The summed E-state index contributed by atoms with van der Waals surface area (Å²) in [5.74, 6) is 0.738. The second-order valence-electron chi connectivity index (χ2n) is 5.65. The average molecular weight is 345 g/mol. The van der Waals surface area contributed by atoms with Crippen molar-refractivity contribution in [3.05, 3.63) is 24.3 Å². The molecule has 0 radical (unpaired) electrons. The van der Waals surface area contributed by atoms with Gasteiger partial charge in [-0.25, -0.2) is 0 Å². The third-order valence-electron chi connectivity index (χ3n) is 3.39. The van der Waals surface area contributed by atoms with Gasteiger partial charge in [0.2, 0.25) is 0 Å². The van der Waals surface area contributed by atoms with E-state index in [4.69, 9.17) is 9.39 Å². The topological polar surface area (TPSA) is 58.9 Å². The fraction of sp³-hybridized carbons (Fsp3) is 0.571. The Balaban J connectivity index is 2.71. The third-order valence-corrected chi connectivity index (χ3v) is 3.71. The van der Waals surface area contributed by atoms with Gasteiger partial charge in [0, 0.05) is 5.33 Å². The van der Waals surface area contributed by atoms with Crippen LogP contribution in [0.3, 0.4) is 0 Å². The average Bonchev–Trinajstić information content (AvgIpc) is 2.35. The molecule has 0 aliphatic carbocycles. The predicted molar refractivity (Wildman–Crippen MR) is 84.8 cm³/mol. The summed E-state index contributed by atoms with van der Waals surface area (Å²) < 4.78 is 11.0. The lowest BCUT2D eigenvalue weighted by molar-refractivity contribution is -0.0982. The van der Waals surface area contributed by atoms with Crippen LogP contribution < -0.4 is 10.2 Å². The molecule has 0 unspecified atom stereocenters. The first-order valence-electron chi connectivity index (χ1n) is 6.54. The van der Waals surface area contributed by atoms with Gasteiger partial charge in [-0.2, -0.15) is 0 Å². The van der Waals surface area contributed by atoms with Crippen molar-refractivity contribution in [3.8, 4) is 5.75 Å². The Bertz CT molecular complexity index is 414. The van der Waals surface area contributed by atoms with Gasteiger partial charge in [0.05, 0.1) is 17.8 Å². The summed E-state index contributed by atoms with van der Waals surface area (Å²) >= 11 is 3.29. The first-order chi connectivity index (χ1) is 9.17. The van der Waals surface area contributed by atoms with E-state index in [1.165, 1.54) is 0 Å². The molecule has 0 aliphatic rings. The van der Waals surface area contributed by atoms with Crippen molar-refractivity contribution in [3.63, 3.8) is 0 Å². The highest BCUT2D eigenvalue weighted by molar-refractivity contribution is 9.09. The highest BCUT2D eigenvalue weighted by Gasteiger charge is 2.39. The van der Waals surface area contributed by atoms with E-state index in [2.05, 4.69) is 15.9 Å². The molecule has 1 aromatic carbocycles. The van der Waals surface area contributed by atoms with Gasteiger partial charge in [-0.3, -0.25) is 0 Å². The number of ether oxygens (including phenoxy) is 1. The zero-order valence-electron chi connectivity index (χ0n) is 12.4. The molecule has 0 saturated carbocycles. The van der Waals surface area contributed by atoms with Crippen LogP contribution in [0.4, 0.5) is 0 Å². The smallest absolute Gasteiger partial charge is 0.491 e. The lowest BCUT2D eigenvalue weighted by Gasteiger charge is -2.38. The molecule has 1 aromatic rings. The van der Waals surface area contributed by atoms with E-state index in [0.717, 1.165) is 11.1 Å². The maximum atomic E-state index is 10.1. The van der Waals surface area contributed by atoms with Gasteiger partial charge >= 0.3 is 7.12 Å². The number of hydrogen-bond donors (Lipinski definition) is 2. The van der Waals surface area contributed by atoms with Crippen molar-refractivity contribution in [2.45, 2.75) is 38.9 Å². The van der Waals surface area contributed by atoms with Crippen LogP contribution in [0.1, 0.15) is 27.7 Å². The molecule has 0 aromatic heterocycles. The van der Waals surface area contributed by atoms with Crippen LogP contribution >= 0.6 is 15.9 Å². The fourth-order valence-electron chi connectivity index (χ4n) is 1.38. The number of halogens is 1. The molecule has 2 N–H and O–H groups in total. The van der Waals surface area contributed by atoms with Crippen LogP contribution in [0.15, 0.2) is 24.3 Å². The van der Waals surface area contributed by atoms with Crippen LogP contribution in [0.2, 0.25) is 0 Å². The van der Waals surface area contributed by atoms with E-state index in [-0.39, 0.29) is 0 Å². The van der Waals surface area contributed by atoms with Crippen LogP contribution in [0.25, 0.3) is 0 Å². The normalized spacial score (nSPS) is 12.3. The standard InChI is InChI=1S/C14H22BBrO4/c1-13(2,17)14(3,4)20-15(18)11-5-7-12(8-6-11)19-10-9-16/h5-8,17-18H,9-10H2,1-4H3. The summed E-state index contributed by atoms with van der Waals surface area (Å²) in [6.45, 7) is 7.37. The largest absolute Gasteiger partial charge is 0.493 e. The Morgan fingerprint density at radius 3 is 2.15 bits per heavy atom. The molecule has 1 rings (SSSR count). The van der Waals surface area contributed by atoms with Gasteiger partial charge in [-0.1, -0.05) is 28.1 Å². The number of alkyl halides is 1. The molecule has 6 heteroatoms. The minimum atomic E-state index is -1.10. The second kappa shape index (κ2) is 6.94. The van der Waals surface area contributed by atoms with Crippen LogP contribution in [0, 0.1) is 0 Å². The number of benzene rings is 1. The number of hydrogen-bond acceptors (Lipinski definition) is 4. The van der Waals surface area contributed by atoms with Gasteiger partial charge in [-0.05, 0) is 45.3 Å². The second-order valence-corrected chi connectivity index (χ2v) is 6.44. The minimum absolute atomic E-state index is 0.587. The van der Waals surface area contributed by atoms with E-state index in [1.807, 2.05) is 0 Å². The summed E-state index contributed by atoms with van der Waals surface area (Å²) in [6, 6.07) is 7.05. The fourth-order valence-corrected chi connectivity index (χ4v) is 1.54. The van der Waals surface area contributed by atoms with Gasteiger partial charge in [0.25, 0.3) is 0 Å². The lowest BCUT2D eigenvalue weighted by Crippen LogP contribution is -2.53. The maximum absolute atomic E-state index is 10.1. The molecule has 0 amide bonds. The number of aliphatic hydroxyl groups is 1. The van der Waals surface area contributed by atoms with Crippen molar-refractivity contribution >= 4 is 28.5 Å². The molecule has 4 nitrogen and oxygen atoms in total. The summed E-state index contributed by atoms with van der Waals surface area (Å²) in [6.07, 6.45) is 0. The Kier molecular flexibility index (Phi) is 6.07. The van der Waals surface area contributed by atoms with Gasteiger partial charge in [0.15, 0.2) is 0 Å². The highest BCUT2D eigenvalue weighted by atomic mass is 79.9. The molecule has 0 aliphatic heterocycles. The Morgan fingerprint density at radius 1 is 1.15 bits per heavy atom. The molecule has 0 heterocycles. The van der Waals surface area contributed by atoms with Gasteiger partial charge < -0.3 is 19.5 Å². The van der Waals surface area contributed by atoms with Crippen molar-refractivity contribution < 1.29 is 19.5 Å². The maximum Gasteiger partial charge on any atom is 0.491 e. The SMILES string of the molecule is CC(C)(O)C(C)(C)OB(O)c1ccc(OCCBr)cc1. The van der Waals surface area contributed by atoms with Gasteiger partial charge in [0.1, 0.15) is 5.75 Å². The van der Waals surface area contributed by atoms with Crippen molar-refractivity contribution in [1.82, 2.24) is 0 Å². The highest BCUT2D eigenvalue weighted by Crippen LogP contribution is 2.25. The summed E-state index contributed by atoms with van der Waals surface area (Å²) in [5.41, 5.74) is -1.32. The van der Waals surface area contributed by atoms with E-state index in [9.17, 15) is 10.1 Å². The Hall–Kier alpha value is -0.555. The molecule has 0 saturated heterocycles. The molecule has 0 atom stereocenters.